The molecule has 0 unspecified atom stereocenters. The molecule has 0 radical (unpaired) electrons. The SMILES string of the molecule is CCCNC(=S)N/N=C(/C)c1ccc(NC2=NC[C@@H](CC)S2)cc1. The van der Waals surface area contributed by atoms with Crippen molar-refractivity contribution in [2.24, 2.45) is 10.1 Å². The molecule has 0 amide bonds. The van der Waals surface area contributed by atoms with Gasteiger partial charge in [-0.15, -0.1) is 0 Å². The van der Waals surface area contributed by atoms with Crippen LogP contribution in [0.3, 0.4) is 0 Å². The van der Waals surface area contributed by atoms with Crippen molar-refractivity contribution in [2.45, 2.75) is 38.9 Å². The van der Waals surface area contributed by atoms with Crippen LogP contribution in [0.2, 0.25) is 0 Å². The largest absolute Gasteiger partial charge is 0.361 e. The van der Waals surface area contributed by atoms with Gasteiger partial charge in [-0.1, -0.05) is 37.7 Å². The molecule has 7 heteroatoms. The Balaban J connectivity index is 1.88. The lowest BCUT2D eigenvalue weighted by atomic mass is 10.1. The molecule has 0 aliphatic carbocycles. The smallest absolute Gasteiger partial charge is 0.186 e. The number of nitrogens with one attached hydrogen (secondary N) is 3. The summed E-state index contributed by atoms with van der Waals surface area (Å²) in [6, 6.07) is 8.18. The Bertz CT molecular complexity index is 610. The summed E-state index contributed by atoms with van der Waals surface area (Å²) in [5.41, 5.74) is 5.86. The number of rotatable bonds is 6. The molecule has 1 aliphatic heterocycles. The van der Waals surface area contributed by atoms with Crippen LogP contribution in [-0.2, 0) is 0 Å². The van der Waals surface area contributed by atoms with Crippen LogP contribution >= 0.6 is 24.0 Å². The van der Waals surface area contributed by atoms with Crippen LogP contribution in [0.1, 0.15) is 39.2 Å². The molecule has 0 spiro atoms. The van der Waals surface area contributed by atoms with Gasteiger partial charge < -0.3 is 10.6 Å². The molecule has 1 heterocycles. The van der Waals surface area contributed by atoms with Crippen LogP contribution in [0.15, 0.2) is 34.4 Å². The van der Waals surface area contributed by atoms with Crippen molar-refractivity contribution in [3.8, 4) is 0 Å². The Hall–Kier alpha value is -1.60. The van der Waals surface area contributed by atoms with Crippen LogP contribution < -0.4 is 16.1 Å². The second-order valence-electron chi connectivity index (χ2n) is 5.56. The molecule has 5 nitrogen and oxygen atoms in total. The van der Waals surface area contributed by atoms with Crippen LogP contribution in [0.25, 0.3) is 0 Å². The van der Waals surface area contributed by atoms with Crippen molar-refractivity contribution in [1.29, 1.82) is 0 Å². The fourth-order valence-corrected chi connectivity index (χ4v) is 3.20. The Labute approximate surface area is 153 Å². The molecule has 0 saturated heterocycles. The van der Waals surface area contributed by atoms with Gasteiger partial charge in [0.15, 0.2) is 10.3 Å². The molecule has 0 saturated carbocycles. The van der Waals surface area contributed by atoms with E-state index >= 15 is 0 Å². The van der Waals surface area contributed by atoms with Crippen molar-refractivity contribution in [1.82, 2.24) is 10.7 Å². The second-order valence-corrected chi connectivity index (χ2v) is 7.26. The second kappa shape index (κ2) is 9.64. The third-order valence-electron chi connectivity index (χ3n) is 3.59. The van der Waals surface area contributed by atoms with E-state index in [2.05, 4.69) is 40.0 Å². The minimum absolute atomic E-state index is 0.552. The molecule has 1 aromatic carbocycles. The Morgan fingerprint density at radius 2 is 2.08 bits per heavy atom. The van der Waals surface area contributed by atoms with E-state index < -0.39 is 0 Å². The minimum Gasteiger partial charge on any atom is -0.361 e. The van der Waals surface area contributed by atoms with E-state index in [9.17, 15) is 0 Å². The lowest BCUT2D eigenvalue weighted by Gasteiger charge is -2.09. The van der Waals surface area contributed by atoms with Crippen molar-refractivity contribution in [3.05, 3.63) is 29.8 Å². The zero-order chi connectivity index (χ0) is 17.4. The topological polar surface area (TPSA) is 60.8 Å². The number of amidine groups is 1. The number of thioether (sulfide) groups is 1. The maximum Gasteiger partial charge on any atom is 0.186 e. The highest BCUT2D eigenvalue weighted by molar-refractivity contribution is 8.15. The highest BCUT2D eigenvalue weighted by Gasteiger charge is 2.17. The van der Waals surface area contributed by atoms with Crippen molar-refractivity contribution >= 4 is 45.7 Å². The fourth-order valence-electron chi connectivity index (χ4n) is 2.09. The molecule has 0 aromatic heterocycles. The zero-order valence-electron chi connectivity index (χ0n) is 14.4. The maximum absolute atomic E-state index is 5.15. The van der Waals surface area contributed by atoms with Crippen LogP contribution in [0.4, 0.5) is 5.69 Å². The van der Waals surface area contributed by atoms with Gasteiger partial charge in [-0.3, -0.25) is 10.4 Å². The average molecular weight is 364 g/mol. The summed E-state index contributed by atoms with van der Waals surface area (Å²) in [7, 11) is 0. The molecule has 24 heavy (non-hydrogen) atoms. The Kier molecular flexibility index (Phi) is 7.52. The molecule has 0 bridgehead atoms. The summed E-state index contributed by atoms with van der Waals surface area (Å²) >= 11 is 6.97. The van der Waals surface area contributed by atoms with Crippen molar-refractivity contribution < 1.29 is 0 Å². The van der Waals surface area contributed by atoms with Gasteiger partial charge in [0.2, 0.25) is 0 Å². The van der Waals surface area contributed by atoms with Gasteiger partial charge in [-0.05, 0) is 49.7 Å². The van der Waals surface area contributed by atoms with E-state index in [1.54, 1.807) is 0 Å². The Morgan fingerprint density at radius 1 is 1.33 bits per heavy atom. The molecule has 2 rings (SSSR count). The molecule has 130 valence electrons. The first-order chi connectivity index (χ1) is 11.6. The van der Waals surface area contributed by atoms with Crippen LogP contribution in [0.5, 0.6) is 0 Å². The maximum atomic E-state index is 5.15. The highest BCUT2D eigenvalue weighted by Crippen LogP contribution is 2.24. The van der Waals surface area contributed by atoms with E-state index in [0.29, 0.717) is 10.4 Å². The summed E-state index contributed by atoms with van der Waals surface area (Å²) in [6.45, 7) is 8.01. The van der Waals surface area contributed by atoms with E-state index in [1.165, 1.54) is 0 Å². The van der Waals surface area contributed by atoms with E-state index in [-0.39, 0.29) is 0 Å². The lowest BCUT2D eigenvalue weighted by molar-refractivity contribution is 0.816. The predicted octanol–water partition coefficient (Wildman–Crippen LogP) is 3.58. The molecule has 1 atom stereocenters. The molecule has 3 N–H and O–H groups in total. The van der Waals surface area contributed by atoms with Crippen LogP contribution in [-0.4, -0.2) is 34.3 Å². The monoisotopic (exact) mass is 363 g/mol. The number of nitrogens with zero attached hydrogens (tertiary/aromatic N) is 2. The summed E-state index contributed by atoms with van der Waals surface area (Å²) < 4.78 is 0. The van der Waals surface area contributed by atoms with Crippen LogP contribution in [0, 0.1) is 0 Å². The number of aliphatic imine (C=N–C) groups is 1. The first kappa shape index (κ1) is 18.7. The molecular weight excluding hydrogens is 338 g/mol. The van der Waals surface area contributed by atoms with Gasteiger partial charge >= 0.3 is 0 Å². The molecule has 1 aromatic rings. The zero-order valence-corrected chi connectivity index (χ0v) is 16.1. The number of thiocarbonyl (C=S) groups is 1. The van der Waals surface area contributed by atoms with Gasteiger partial charge in [0.1, 0.15) is 0 Å². The molecular formula is C17H25N5S2. The first-order valence-corrected chi connectivity index (χ1v) is 9.57. The Morgan fingerprint density at radius 3 is 2.71 bits per heavy atom. The van der Waals surface area contributed by atoms with Gasteiger partial charge in [0.05, 0.1) is 12.3 Å². The van der Waals surface area contributed by atoms with Gasteiger partial charge in [0, 0.05) is 17.5 Å². The van der Waals surface area contributed by atoms with E-state index in [0.717, 1.165) is 48.1 Å². The van der Waals surface area contributed by atoms with E-state index in [1.807, 2.05) is 43.0 Å². The van der Waals surface area contributed by atoms with Gasteiger partial charge in [-0.25, -0.2) is 0 Å². The summed E-state index contributed by atoms with van der Waals surface area (Å²) in [5, 5.41) is 12.9. The summed E-state index contributed by atoms with van der Waals surface area (Å²) in [4.78, 5) is 4.53. The number of benzene rings is 1. The van der Waals surface area contributed by atoms with Crippen molar-refractivity contribution in [2.75, 3.05) is 18.4 Å². The summed E-state index contributed by atoms with van der Waals surface area (Å²) in [5.74, 6) is 0. The van der Waals surface area contributed by atoms with E-state index in [4.69, 9.17) is 12.2 Å². The third-order valence-corrected chi connectivity index (χ3v) is 5.09. The third kappa shape index (κ3) is 5.79. The minimum atomic E-state index is 0.552. The van der Waals surface area contributed by atoms with Crippen molar-refractivity contribution in [3.63, 3.8) is 0 Å². The summed E-state index contributed by atoms with van der Waals surface area (Å²) in [6.07, 6.45) is 2.18. The first-order valence-electron chi connectivity index (χ1n) is 8.29. The average Bonchev–Trinajstić information content (AvgIpc) is 3.06. The quantitative estimate of drug-likeness (QED) is 0.410. The lowest BCUT2D eigenvalue weighted by Crippen LogP contribution is -2.32. The number of anilines is 1. The normalized spacial score (nSPS) is 17.4. The highest BCUT2D eigenvalue weighted by atomic mass is 32.2. The molecule has 0 fully saturated rings. The van der Waals surface area contributed by atoms with Gasteiger partial charge in [-0.2, -0.15) is 5.10 Å². The number of hydrogen-bond acceptors (Lipinski definition) is 5. The van der Waals surface area contributed by atoms with Gasteiger partial charge in [0.25, 0.3) is 0 Å². The standard InChI is InChI=1S/C17H25N5S2/c1-4-10-18-16(23)22-21-12(3)13-6-8-14(9-7-13)20-17-19-11-15(5-2)24-17/h6-9,15H,4-5,10-11H2,1-3H3,(H,19,20)(H2,18,22,23)/b21-12-/t15-/m1/s1. The fraction of sp³-hybridized carbons (Fsp3) is 0.471. The molecule has 1 aliphatic rings. The predicted molar refractivity (Wildman–Crippen MR) is 110 cm³/mol. The number of hydrogen-bond donors (Lipinski definition) is 3. The number of hydrazone groups is 1.